The van der Waals surface area contributed by atoms with E-state index >= 15 is 0 Å². The van der Waals surface area contributed by atoms with Gasteiger partial charge in [0.15, 0.2) is 10.7 Å². The first-order chi connectivity index (χ1) is 10.5. The Hall–Kier alpha value is -2.02. The van der Waals surface area contributed by atoms with Crippen LogP contribution in [0, 0.1) is 0 Å². The summed E-state index contributed by atoms with van der Waals surface area (Å²) < 4.78 is 4.99. The maximum Gasteiger partial charge on any atom is 0.417 e. The van der Waals surface area contributed by atoms with E-state index in [9.17, 15) is 4.79 Å². The highest BCUT2D eigenvalue weighted by Gasteiger charge is 2.05. The van der Waals surface area contributed by atoms with Gasteiger partial charge in [0.25, 0.3) is 0 Å². The fourth-order valence-electron chi connectivity index (χ4n) is 1.89. The van der Waals surface area contributed by atoms with E-state index in [2.05, 4.69) is 15.6 Å². The third-order valence-corrected chi connectivity index (χ3v) is 3.80. The molecule has 0 saturated heterocycles. The number of H-pyrrole nitrogens is 1. The van der Waals surface area contributed by atoms with Gasteiger partial charge in [-0.1, -0.05) is 23.2 Å². The summed E-state index contributed by atoms with van der Waals surface area (Å²) in [6.07, 6.45) is 0. The number of benzene rings is 2. The molecule has 0 aliphatic heterocycles. The third-order valence-electron chi connectivity index (χ3n) is 2.86. The van der Waals surface area contributed by atoms with E-state index in [4.69, 9.17) is 39.8 Å². The van der Waals surface area contributed by atoms with E-state index < -0.39 is 5.76 Å². The van der Waals surface area contributed by atoms with Crippen molar-refractivity contribution in [2.45, 2.75) is 0 Å². The molecule has 0 atom stereocenters. The monoisotopic (exact) mass is 353 g/mol. The maximum atomic E-state index is 11.1. The number of fused-ring (bicyclic) bond motifs is 1. The van der Waals surface area contributed by atoms with Gasteiger partial charge < -0.3 is 15.1 Å². The van der Waals surface area contributed by atoms with Gasteiger partial charge in [-0.3, -0.25) is 4.98 Å². The lowest BCUT2D eigenvalue weighted by Gasteiger charge is -2.11. The number of rotatable bonds is 2. The summed E-state index contributed by atoms with van der Waals surface area (Å²) >= 11 is 17.0. The van der Waals surface area contributed by atoms with Crippen LogP contribution in [0.25, 0.3) is 11.1 Å². The smallest absolute Gasteiger partial charge is 0.408 e. The van der Waals surface area contributed by atoms with Gasteiger partial charge in [-0.15, -0.1) is 0 Å². The van der Waals surface area contributed by atoms with Crippen LogP contribution in [0.15, 0.2) is 45.6 Å². The van der Waals surface area contributed by atoms with Gasteiger partial charge in [0.2, 0.25) is 0 Å². The molecular weight excluding hydrogens is 345 g/mol. The lowest BCUT2D eigenvalue weighted by molar-refractivity contribution is 0.555. The first-order valence-electron chi connectivity index (χ1n) is 6.17. The number of halogens is 2. The zero-order chi connectivity index (χ0) is 15.7. The van der Waals surface area contributed by atoms with E-state index in [0.717, 1.165) is 0 Å². The Kier molecular flexibility index (Phi) is 4.06. The van der Waals surface area contributed by atoms with Crippen LogP contribution in [0.3, 0.4) is 0 Å². The minimum Gasteiger partial charge on any atom is -0.408 e. The van der Waals surface area contributed by atoms with E-state index in [0.29, 0.717) is 37.6 Å². The first kappa shape index (κ1) is 14.9. The Morgan fingerprint density at radius 1 is 1.05 bits per heavy atom. The summed E-state index contributed by atoms with van der Waals surface area (Å²) in [5, 5.41) is 7.26. The number of thiocarbonyl (C=S) groups is 1. The van der Waals surface area contributed by atoms with Crippen molar-refractivity contribution >= 4 is 63.0 Å². The molecule has 0 aliphatic carbocycles. The van der Waals surface area contributed by atoms with Crippen LogP contribution in [0.5, 0.6) is 0 Å². The predicted octanol–water partition coefficient (Wildman–Crippen LogP) is 4.24. The zero-order valence-electron chi connectivity index (χ0n) is 10.9. The minimum absolute atomic E-state index is 0.371. The Morgan fingerprint density at radius 2 is 1.73 bits per heavy atom. The molecule has 22 heavy (non-hydrogen) atoms. The Balaban J connectivity index is 1.74. The second-order valence-electron chi connectivity index (χ2n) is 4.43. The minimum atomic E-state index is -0.497. The summed E-state index contributed by atoms with van der Waals surface area (Å²) in [5.41, 5.74) is 2.47. The molecule has 1 aromatic heterocycles. The van der Waals surface area contributed by atoms with Crippen molar-refractivity contribution in [3.63, 3.8) is 0 Å². The molecule has 0 aliphatic rings. The second kappa shape index (κ2) is 6.00. The molecule has 3 N–H and O–H groups in total. The molecule has 2 aromatic carbocycles. The lowest BCUT2D eigenvalue weighted by atomic mass is 10.3. The van der Waals surface area contributed by atoms with Crippen molar-refractivity contribution in [3.8, 4) is 0 Å². The molecule has 0 unspecified atom stereocenters. The van der Waals surface area contributed by atoms with Crippen LogP contribution in [-0.2, 0) is 0 Å². The standard InChI is InChI=1S/C14H9Cl2N3O2S/c15-9-3-1-7(5-10(9)16)17-13(22)18-8-2-4-11-12(6-8)21-14(20)19-11/h1-6H,(H,19,20)(H2,17,18,22). The van der Waals surface area contributed by atoms with E-state index in [-0.39, 0.29) is 0 Å². The van der Waals surface area contributed by atoms with Gasteiger partial charge in [-0.2, -0.15) is 0 Å². The first-order valence-corrected chi connectivity index (χ1v) is 7.33. The average molecular weight is 354 g/mol. The highest BCUT2D eigenvalue weighted by Crippen LogP contribution is 2.25. The molecule has 1 heterocycles. The molecule has 3 rings (SSSR count). The van der Waals surface area contributed by atoms with Crippen molar-refractivity contribution < 1.29 is 4.42 Å². The van der Waals surface area contributed by atoms with Crippen LogP contribution in [0.2, 0.25) is 10.0 Å². The summed E-state index contributed by atoms with van der Waals surface area (Å²) in [6.45, 7) is 0. The number of nitrogens with one attached hydrogen (secondary N) is 3. The molecule has 3 aromatic rings. The summed E-state index contributed by atoms with van der Waals surface area (Å²) in [4.78, 5) is 13.7. The normalized spacial score (nSPS) is 10.6. The van der Waals surface area contributed by atoms with Crippen LogP contribution >= 0.6 is 35.4 Å². The fourth-order valence-corrected chi connectivity index (χ4v) is 2.42. The average Bonchev–Trinajstić information content (AvgIpc) is 2.82. The van der Waals surface area contributed by atoms with Crippen LogP contribution < -0.4 is 16.4 Å². The Morgan fingerprint density at radius 3 is 2.45 bits per heavy atom. The van der Waals surface area contributed by atoms with Crippen LogP contribution in [-0.4, -0.2) is 10.1 Å². The fraction of sp³-hybridized carbons (Fsp3) is 0. The van der Waals surface area contributed by atoms with Crippen molar-refractivity contribution in [1.29, 1.82) is 0 Å². The van der Waals surface area contributed by atoms with Crippen LogP contribution in [0.1, 0.15) is 0 Å². The molecule has 112 valence electrons. The number of aromatic amines is 1. The summed E-state index contributed by atoms with van der Waals surface area (Å²) in [6, 6.07) is 10.3. The highest BCUT2D eigenvalue weighted by molar-refractivity contribution is 7.80. The molecule has 0 saturated carbocycles. The van der Waals surface area contributed by atoms with Gasteiger partial charge >= 0.3 is 5.76 Å². The molecule has 0 bridgehead atoms. The lowest BCUT2D eigenvalue weighted by Crippen LogP contribution is -2.18. The quantitative estimate of drug-likeness (QED) is 0.601. The van der Waals surface area contributed by atoms with Crippen LogP contribution in [0.4, 0.5) is 11.4 Å². The Labute approximate surface area is 140 Å². The van der Waals surface area contributed by atoms with Crippen molar-refractivity contribution in [1.82, 2.24) is 4.98 Å². The maximum absolute atomic E-state index is 11.1. The SMILES string of the molecule is O=c1[nH]c2ccc(NC(=S)Nc3ccc(Cl)c(Cl)c3)cc2o1. The van der Waals surface area contributed by atoms with Crippen molar-refractivity contribution in [3.05, 3.63) is 57.0 Å². The third kappa shape index (κ3) is 3.24. The van der Waals surface area contributed by atoms with Gasteiger partial charge in [0, 0.05) is 17.4 Å². The van der Waals surface area contributed by atoms with E-state index in [1.165, 1.54) is 0 Å². The summed E-state index contributed by atoms with van der Waals surface area (Å²) in [7, 11) is 0. The van der Waals surface area contributed by atoms with Gasteiger partial charge in [-0.25, -0.2) is 4.79 Å². The van der Waals surface area contributed by atoms with Crippen molar-refractivity contribution in [2.75, 3.05) is 10.6 Å². The predicted molar refractivity (Wildman–Crippen MR) is 93.1 cm³/mol. The summed E-state index contributed by atoms with van der Waals surface area (Å²) in [5.74, 6) is -0.497. The van der Waals surface area contributed by atoms with Gasteiger partial charge in [0.1, 0.15) is 0 Å². The number of anilines is 2. The molecular formula is C14H9Cl2N3O2S. The molecule has 0 radical (unpaired) electrons. The van der Waals surface area contributed by atoms with E-state index in [1.807, 2.05) is 0 Å². The second-order valence-corrected chi connectivity index (χ2v) is 5.66. The Bertz CT molecular complexity index is 920. The zero-order valence-corrected chi connectivity index (χ0v) is 13.3. The number of hydrogen-bond acceptors (Lipinski definition) is 3. The topological polar surface area (TPSA) is 70.1 Å². The highest BCUT2D eigenvalue weighted by atomic mass is 35.5. The molecule has 8 heteroatoms. The number of hydrogen-bond donors (Lipinski definition) is 3. The molecule has 0 fully saturated rings. The van der Waals surface area contributed by atoms with Gasteiger partial charge in [0.05, 0.1) is 15.6 Å². The van der Waals surface area contributed by atoms with Crippen molar-refractivity contribution in [2.24, 2.45) is 0 Å². The largest absolute Gasteiger partial charge is 0.417 e. The molecule has 0 amide bonds. The number of oxazole rings is 1. The van der Waals surface area contributed by atoms with E-state index in [1.54, 1.807) is 36.4 Å². The number of aromatic nitrogens is 1. The molecule has 5 nitrogen and oxygen atoms in total. The van der Waals surface area contributed by atoms with Gasteiger partial charge in [-0.05, 0) is 42.5 Å². The molecule has 0 spiro atoms.